The summed E-state index contributed by atoms with van der Waals surface area (Å²) in [5.41, 5.74) is 1.27. The Kier molecular flexibility index (Phi) is 4.22. The van der Waals surface area contributed by atoms with Gasteiger partial charge in [-0.25, -0.2) is 0 Å². The van der Waals surface area contributed by atoms with E-state index in [1.165, 1.54) is 33.1 Å². The first-order valence-electron chi connectivity index (χ1n) is 8.13. The number of aromatic nitrogens is 1. The van der Waals surface area contributed by atoms with E-state index >= 15 is 0 Å². The quantitative estimate of drug-likeness (QED) is 0.914. The highest BCUT2D eigenvalue weighted by atomic mass is 16.3. The molecule has 1 aromatic carbocycles. The molecule has 2 aromatic rings. The van der Waals surface area contributed by atoms with Crippen molar-refractivity contribution in [1.82, 2.24) is 4.98 Å². The first-order chi connectivity index (χ1) is 11.0. The number of rotatable bonds is 3. The molecule has 0 unspecified atom stereocenters. The molecule has 1 fully saturated rings. The van der Waals surface area contributed by atoms with Gasteiger partial charge in [0.25, 0.3) is 5.91 Å². The maximum atomic E-state index is 12.1. The molecule has 2 heterocycles. The maximum Gasteiger partial charge on any atom is 0.255 e. The molecule has 0 aliphatic carbocycles. The van der Waals surface area contributed by atoms with Crippen LogP contribution >= 0.6 is 0 Å². The Labute approximate surface area is 136 Å². The van der Waals surface area contributed by atoms with Gasteiger partial charge in [-0.1, -0.05) is 0 Å². The van der Waals surface area contributed by atoms with Crippen molar-refractivity contribution in [1.29, 1.82) is 0 Å². The number of hydrogen-bond acceptors (Lipinski definition) is 4. The highest BCUT2D eigenvalue weighted by Gasteiger charge is 2.25. The van der Waals surface area contributed by atoms with Crippen molar-refractivity contribution in [2.45, 2.75) is 38.7 Å². The second-order valence-electron chi connectivity index (χ2n) is 6.59. The average molecular weight is 313 g/mol. The van der Waals surface area contributed by atoms with Crippen LogP contribution in [0.1, 0.15) is 33.1 Å². The zero-order chi connectivity index (χ0) is 16.4. The van der Waals surface area contributed by atoms with Crippen molar-refractivity contribution in [3.05, 3.63) is 30.5 Å². The molecule has 5 heteroatoms. The smallest absolute Gasteiger partial charge is 0.255 e. The van der Waals surface area contributed by atoms with Crippen molar-refractivity contribution in [3.63, 3.8) is 0 Å². The van der Waals surface area contributed by atoms with Gasteiger partial charge in [0, 0.05) is 24.7 Å². The van der Waals surface area contributed by atoms with E-state index < -0.39 is 11.5 Å². The Hall–Kier alpha value is -2.14. The van der Waals surface area contributed by atoms with E-state index in [-0.39, 0.29) is 0 Å². The van der Waals surface area contributed by atoms with Crippen molar-refractivity contribution >= 4 is 28.2 Å². The third-order valence-corrected chi connectivity index (χ3v) is 4.25. The molecule has 0 radical (unpaired) electrons. The molecule has 122 valence electrons. The van der Waals surface area contributed by atoms with Crippen LogP contribution in [-0.4, -0.2) is 34.7 Å². The van der Waals surface area contributed by atoms with Crippen LogP contribution in [0.4, 0.5) is 11.4 Å². The lowest BCUT2D eigenvalue weighted by atomic mass is 10.1. The molecule has 1 amide bonds. The summed E-state index contributed by atoms with van der Waals surface area (Å²) in [6.07, 6.45) is 5.45. The van der Waals surface area contributed by atoms with Crippen LogP contribution in [0, 0.1) is 0 Å². The van der Waals surface area contributed by atoms with Crippen LogP contribution in [0.2, 0.25) is 0 Å². The van der Waals surface area contributed by atoms with Crippen molar-refractivity contribution in [2.24, 2.45) is 0 Å². The summed E-state index contributed by atoms with van der Waals surface area (Å²) in [4.78, 5) is 19.0. The van der Waals surface area contributed by atoms with E-state index in [0.29, 0.717) is 5.69 Å². The van der Waals surface area contributed by atoms with Gasteiger partial charge in [0.1, 0.15) is 5.60 Å². The van der Waals surface area contributed by atoms with Gasteiger partial charge in [0.05, 0.1) is 16.9 Å². The van der Waals surface area contributed by atoms with Gasteiger partial charge in [0.15, 0.2) is 0 Å². The van der Waals surface area contributed by atoms with E-state index in [9.17, 15) is 9.90 Å². The predicted octanol–water partition coefficient (Wildman–Crippen LogP) is 2.93. The number of pyridine rings is 1. The standard InChI is InChI=1S/C18H23N3O2/c1-18(2,23)17(22)20-14-8-9-15(21-11-4-3-5-12-21)16-13(14)7-6-10-19-16/h6-10,23H,3-5,11-12H2,1-2H3,(H,20,22). The van der Waals surface area contributed by atoms with E-state index in [4.69, 9.17) is 0 Å². The molecule has 0 saturated carbocycles. The molecule has 1 aliphatic heterocycles. The zero-order valence-corrected chi connectivity index (χ0v) is 13.7. The summed E-state index contributed by atoms with van der Waals surface area (Å²) in [7, 11) is 0. The SMILES string of the molecule is CC(C)(O)C(=O)Nc1ccc(N2CCCCC2)c2ncccc12. The van der Waals surface area contributed by atoms with Crippen molar-refractivity contribution in [2.75, 3.05) is 23.3 Å². The van der Waals surface area contributed by atoms with Gasteiger partial charge >= 0.3 is 0 Å². The number of fused-ring (bicyclic) bond motifs is 1. The van der Waals surface area contributed by atoms with Crippen LogP contribution in [0.25, 0.3) is 10.9 Å². The molecular weight excluding hydrogens is 290 g/mol. The third kappa shape index (κ3) is 3.29. The minimum atomic E-state index is -1.42. The zero-order valence-electron chi connectivity index (χ0n) is 13.7. The number of piperidine rings is 1. The summed E-state index contributed by atoms with van der Waals surface area (Å²) in [5.74, 6) is -0.423. The minimum absolute atomic E-state index is 0.423. The first-order valence-corrected chi connectivity index (χ1v) is 8.13. The van der Waals surface area contributed by atoms with Crippen molar-refractivity contribution in [3.8, 4) is 0 Å². The monoisotopic (exact) mass is 313 g/mol. The summed E-state index contributed by atoms with van der Waals surface area (Å²) >= 11 is 0. The number of hydrogen-bond donors (Lipinski definition) is 2. The molecular formula is C18H23N3O2. The van der Waals surface area contributed by atoms with Gasteiger partial charge in [-0.3, -0.25) is 9.78 Å². The second-order valence-corrected chi connectivity index (χ2v) is 6.59. The van der Waals surface area contributed by atoms with Gasteiger partial charge in [0.2, 0.25) is 0 Å². The van der Waals surface area contributed by atoms with E-state index in [1.54, 1.807) is 6.20 Å². The van der Waals surface area contributed by atoms with Crippen LogP contribution < -0.4 is 10.2 Å². The van der Waals surface area contributed by atoms with E-state index in [0.717, 1.165) is 29.7 Å². The first kappa shape index (κ1) is 15.7. The van der Waals surface area contributed by atoms with E-state index in [1.807, 2.05) is 24.3 Å². The number of carbonyl (C=O) groups is 1. The van der Waals surface area contributed by atoms with Crippen LogP contribution in [0.5, 0.6) is 0 Å². The van der Waals surface area contributed by atoms with E-state index in [2.05, 4.69) is 15.2 Å². The number of amides is 1. The summed E-state index contributed by atoms with van der Waals surface area (Å²) in [6.45, 7) is 5.04. The second kappa shape index (κ2) is 6.16. The fraction of sp³-hybridized carbons (Fsp3) is 0.444. The third-order valence-electron chi connectivity index (χ3n) is 4.25. The van der Waals surface area contributed by atoms with Crippen LogP contribution in [0.3, 0.4) is 0 Å². The van der Waals surface area contributed by atoms with Crippen LogP contribution in [-0.2, 0) is 4.79 Å². The van der Waals surface area contributed by atoms with Crippen LogP contribution in [0.15, 0.2) is 30.5 Å². The Morgan fingerprint density at radius 3 is 2.65 bits per heavy atom. The number of nitrogens with zero attached hydrogens (tertiary/aromatic N) is 2. The molecule has 5 nitrogen and oxygen atoms in total. The largest absolute Gasteiger partial charge is 0.381 e. The molecule has 23 heavy (non-hydrogen) atoms. The molecule has 0 atom stereocenters. The lowest BCUT2D eigenvalue weighted by Gasteiger charge is -2.30. The normalized spacial score (nSPS) is 15.7. The van der Waals surface area contributed by atoms with Crippen molar-refractivity contribution < 1.29 is 9.90 Å². The summed E-state index contributed by atoms with van der Waals surface area (Å²) < 4.78 is 0. The van der Waals surface area contributed by atoms with Gasteiger partial charge < -0.3 is 15.3 Å². The number of aliphatic hydroxyl groups is 1. The summed E-state index contributed by atoms with van der Waals surface area (Å²) in [5, 5.41) is 13.5. The summed E-state index contributed by atoms with van der Waals surface area (Å²) in [6, 6.07) is 7.73. The van der Waals surface area contributed by atoms with Gasteiger partial charge in [-0.15, -0.1) is 0 Å². The predicted molar refractivity (Wildman–Crippen MR) is 92.7 cm³/mol. The number of benzene rings is 1. The topological polar surface area (TPSA) is 65.5 Å². The maximum absolute atomic E-state index is 12.1. The molecule has 1 saturated heterocycles. The molecule has 1 aliphatic rings. The van der Waals surface area contributed by atoms with Gasteiger partial charge in [-0.2, -0.15) is 0 Å². The van der Waals surface area contributed by atoms with Gasteiger partial charge in [-0.05, 0) is 57.4 Å². The molecule has 3 rings (SSSR count). The number of anilines is 2. The number of carbonyl (C=O) groups excluding carboxylic acids is 1. The highest BCUT2D eigenvalue weighted by Crippen LogP contribution is 2.32. The number of nitrogens with one attached hydrogen (secondary N) is 1. The Balaban J connectivity index is 2.00. The average Bonchev–Trinajstić information content (AvgIpc) is 2.55. The Bertz CT molecular complexity index is 716. The molecule has 0 spiro atoms. The lowest BCUT2D eigenvalue weighted by molar-refractivity contribution is -0.130. The lowest BCUT2D eigenvalue weighted by Crippen LogP contribution is -2.36. The highest BCUT2D eigenvalue weighted by molar-refractivity contribution is 6.06. The Morgan fingerprint density at radius 2 is 1.96 bits per heavy atom. The minimum Gasteiger partial charge on any atom is -0.381 e. The molecule has 2 N–H and O–H groups in total. The Morgan fingerprint density at radius 1 is 1.22 bits per heavy atom. The fourth-order valence-electron chi connectivity index (χ4n) is 2.93. The molecule has 1 aromatic heterocycles. The molecule has 0 bridgehead atoms. The fourth-order valence-corrected chi connectivity index (χ4v) is 2.93.